The van der Waals surface area contributed by atoms with Gasteiger partial charge < -0.3 is 5.11 Å². The van der Waals surface area contributed by atoms with Crippen molar-refractivity contribution in [2.45, 2.75) is 31.8 Å². The van der Waals surface area contributed by atoms with E-state index in [9.17, 15) is 9.90 Å². The Balaban J connectivity index is 2.34. The fraction of sp³-hybridized carbons (Fsp3) is 0.417. The highest BCUT2D eigenvalue weighted by Gasteiger charge is 2.35. The number of aliphatic hydroxyl groups is 1. The van der Waals surface area contributed by atoms with E-state index < -0.39 is 5.60 Å². The monoisotopic (exact) mass is 190 g/mol. The molecule has 0 bridgehead atoms. The zero-order valence-corrected chi connectivity index (χ0v) is 8.29. The van der Waals surface area contributed by atoms with E-state index in [1.807, 2.05) is 18.2 Å². The van der Waals surface area contributed by atoms with Gasteiger partial charge in [0, 0.05) is 6.42 Å². The first-order chi connectivity index (χ1) is 6.62. The Bertz CT molecular complexity index is 370. The largest absolute Gasteiger partial charge is 0.382 e. The van der Waals surface area contributed by atoms with Crippen LogP contribution in [0.5, 0.6) is 0 Å². The molecule has 2 rings (SSSR count). The second-order valence-electron chi connectivity index (χ2n) is 4.03. The molecule has 1 aliphatic carbocycles. The van der Waals surface area contributed by atoms with Gasteiger partial charge in [-0.2, -0.15) is 0 Å². The minimum Gasteiger partial charge on any atom is -0.382 e. The fourth-order valence-corrected chi connectivity index (χ4v) is 2.02. The highest BCUT2D eigenvalue weighted by Crippen LogP contribution is 2.29. The number of fused-ring (bicyclic) bond motifs is 1. The molecule has 74 valence electrons. The molecule has 0 spiro atoms. The number of hydrogen-bond donors (Lipinski definition) is 1. The molecule has 1 atom stereocenters. The third-order valence-corrected chi connectivity index (χ3v) is 3.06. The van der Waals surface area contributed by atoms with Crippen LogP contribution in [0.25, 0.3) is 0 Å². The van der Waals surface area contributed by atoms with Gasteiger partial charge in [-0.25, -0.2) is 0 Å². The lowest BCUT2D eigenvalue weighted by Gasteiger charge is -2.31. The smallest absolute Gasteiger partial charge is 0.161 e. The molecular formula is C12H14O2. The summed E-state index contributed by atoms with van der Waals surface area (Å²) in [5.41, 5.74) is 1.25. The molecule has 0 aliphatic heterocycles. The van der Waals surface area contributed by atoms with Gasteiger partial charge in [-0.1, -0.05) is 24.3 Å². The fourth-order valence-electron chi connectivity index (χ4n) is 2.02. The van der Waals surface area contributed by atoms with Crippen molar-refractivity contribution < 1.29 is 9.90 Å². The van der Waals surface area contributed by atoms with E-state index in [4.69, 9.17) is 0 Å². The van der Waals surface area contributed by atoms with E-state index in [1.165, 1.54) is 12.5 Å². The van der Waals surface area contributed by atoms with Crippen LogP contribution in [-0.2, 0) is 17.6 Å². The van der Waals surface area contributed by atoms with E-state index >= 15 is 0 Å². The summed E-state index contributed by atoms with van der Waals surface area (Å²) in [6.45, 7) is 1.47. The van der Waals surface area contributed by atoms with Crippen LogP contribution in [0.4, 0.5) is 0 Å². The van der Waals surface area contributed by atoms with Crippen LogP contribution >= 0.6 is 0 Å². The van der Waals surface area contributed by atoms with Crippen molar-refractivity contribution in [3.63, 3.8) is 0 Å². The van der Waals surface area contributed by atoms with Gasteiger partial charge >= 0.3 is 0 Å². The Labute approximate surface area is 83.6 Å². The molecule has 14 heavy (non-hydrogen) atoms. The quantitative estimate of drug-likeness (QED) is 0.728. The average molecular weight is 190 g/mol. The van der Waals surface area contributed by atoms with Crippen LogP contribution in [-0.4, -0.2) is 16.5 Å². The molecule has 0 saturated carbocycles. The molecule has 0 aromatic heterocycles. The molecule has 0 amide bonds. The Morgan fingerprint density at radius 1 is 1.36 bits per heavy atom. The van der Waals surface area contributed by atoms with E-state index in [0.717, 1.165) is 12.0 Å². The summed E-state index contributed by atoms with van der Waals surface area (Å²) in [5, 5.41) is 10.0. The van der Waals surface area contributed by atoms with Gasteiger partial charge in [0.05, 0.1) is 0 Å². The number of hydrogen-bond acceptors (Lipinski definition) is 2. The molecule has 1 unspecified atom stereocenters. The number of carbonyl (C=O) groups excluding carboxylic acids is 1. The predicted molar refractivity (Wildman–Crippen MR) is 54.1 cm³/mol. The summed E-state index contributed by atoms with van der Waals surface area (Å²) in [6, 6.07) is 8.00. The highest BCUT2D eigenvalue weighted by atomic mass is 16.3. The maximum atomic E-state index is 11.3. The Hall–Kier alpha value is -1.15. The van der Waals surface area contributed by atoms with Crippen LogP contribution in [0.15, 0.2) is 24.3 Å². The molecule has 0 fully saturated rings. The van der Waals surface area contributed by atoms with Crippen LogP contribution < -0.4 is 0 Å². The average Bonchev–Trinajstić information content (AvgIpc) is 2.17. The van der Waals surface area contributed by atoms with E-state index in [0.29, 0.717) is 12.8 Å². The minimum absolute atomic E-state index is 0.119. The number of ketones is 1. The van der Waals surface area contributed by atoms with Gasteiger partial charge in [0.1, 0.15) is 5.60 Å². The molecule has 0 heterocycles. The van der Waals surface area contributed by atoms with Crippen molar-refractivity contribution in [3.8, 4) is 0 Å². The van der Waals surface area contributed by atoms with Gasteiger partial charge in [-0.3, -0.25) is 4.79 Å². The van der Waals surface area contributed by atoms with Crippen molar-refractivity contribution >= 4 is 5.78 Å². The summed E-state index contributed by atoms with van der Waals surface area (Å²) < 4.78 is 0. The lowest BCUT2D eigenvalue weighted by molar-refractivity contribution is -0.136. The summed E-state index contributed by atoms with van der Waals surface area (Å²) >= 11 is 0. The summed E-state index contributed by atoms with van der Waals surface area (Å²) in [6.07, 6.45) is 1.82. The number of rotatable bonds is 1. The number of carbonyl (C=O) groups is 1. The molecule has 2 heteroatoms. The third kappa shape index (κ3) is 1.46. The van der Waals surface area contributed by atoms with Gasteiger partial charge in [-0.15, -0.1) is 0 Å². The Kier molecular flexibility index (Phi) is 2.16. The number of aryl methyl sites for hydroxylation is 1. The number of benzene rings is 1. The van der Waals surface area contributed by atoms with Crippen molar-refractivity contribution in [1.82, 2.24) is 0 Å². The standard InChI is InChI=1S/C12H14O2/c1-9(13)12(14)7-6-10-4-2-3-5-11(10)8-12/h2-5,14H,6-8H2,1H3. The normalized spacial score (nSPS) is 25.6. The Morgan fingerprint density at radius 2 is 2.00 bits per heavy atom. The second-order valence-corrected chi connectivity index (χ2v) is 4.03. The minimum atomic E-state index is -1.12. The zero-order chi connectivity index (χ0) is 10.2. The summed E-state index contributed by atoms with van der Waals surface area (Å²) in [4.78, 5) is 11.3. The van der Waals surface area contributed by atoms with Crippen molar-refractivity contribution in [2.75, 3.05) is 0 Å². The highest BCUT2D eigenvalue weighted by molar-refractivity contribution is 5.85. The predicted octanol–water partition coefficient (Wildman–Crippen LogP) is 1.50. The SMILES string of the molecule is CC(=O)C1(O)CCc2ccccc2C1. The van der Waals surface area contributed by atoms with Gasteiger partial charge in [-0.05, 0) is 30.9 Å². The first kappa shape index (κ1) is 9.41. The molecule has 2 nitrogen and oxygen atoms in total. The third-order valence-electron chi connectivity index (χ3n) is 3.06. The topological polar surface area (TPSA) is 37.3 Å². The number of Topliss-reactive ketones (excluding diaryl/α,β-unsaturated/α-hetero) is 1. The lowest BCUT2D eigenvalue weighted by Crippen LogP contribution is -2.42. The van der Waals surface area contributed by atoms with Crippen LogP contribution in [0, 0.1) is 0 Å². The van der Waals surface area contributed by atoms with Gasteiger partial charge in [0.15, 0.2) is 5.78 Å². The van der Waals surface area contributed by atoms with Crippen LogP contribution in [0.1, 0.15) is 24.5 Å². The molecule has 1 aliphatic rings. The molecular weight excluding hydrogens is 176 g/mol. The van der Waals surface area contributed by atoms with Gasteiger partial charge in [0.2, 0.25) is 0 Å². The first-order valence-electron chi connectivity index (χ1n) is 4.92. The van der Waals surface area contributed by atoms with Crippen LogP contribution in [0.2, 0.25) is 0 Å². The first-order valence-corrected chi connectivity index (χ1v) is 4.92. The molecule has 1 N–H and O–H groups in total. The van der Waals surface area contributed by atoms with E-state index in [2.05, 4.69) is 6.07 Å². The van der Waals surface area contributed by atoms with E-state index in [-0.39, 0.29) is 5.78 Å². The van der Waals surface area contributed by atoms with E-state index in [1.54, 1.807) is 0 Å². The second kappa shape index (κ2) is 3.21. The molecule has 1 aromatic carbocycles. The molecule has 1 aromatic rings. The zero-order valence-electron chi connectivity index (χ0n) is 8.29. The van der Waals surface area contributed by atoms with Crippen LogP contribution in [0.3, 0.4) is 0 Å². The molecule has 0 saturated heterocycles. The Morgan fingerprint density at radius 3 is 2.64 bits per heavy atom. The van der Waals surface area contributed by atoms with Crippen molar-refractivity contribution in [3.05, 3.63) is 35.4 Å². The summed E-state index contributed by atoms with van der Waals surface area (Å²) in [7, 11) is 0. The van der Waals surface area contributed by atoms with Crippen molar-refractivity contribution in [2.24, 2.45) is 0 Å². The van der Waals surface area contributed by atoms with Gasteiger partial charge in [0.25, 0.3) is 0 Å². The van der Waals surface area contributed by atoms with Crippen molar-refractivity contribution in [1.29, 1.82) is 0 Å². The summed E-state index contributed by atoms with van der Waals surface area (Å²) in [5.74, 6) is -0.119. The maximum absolute atomic E-state index is 11.3. The maximum Gasteiger partial charge on any atom is 0.161 e. The lowest BCUT2D eigenvalue weighted by atomic mass is 9.78. The molecule has 0 radical (unpaired) electrons.